The Labute approximate surface area is 121 Å². The molecule has 1 rings (SSSR count). The zero-order valence-corrected chi connectivity index (χ0v) is 12.8. The molecule has 0 aromatic rings. The van der Waals surface area contributed by atoms with Crippen LogP contribution in [0.2, 0.25) is 0 Å². The summed E-state index contributed by atoms with van der Waals surface area (Å²) in [6.07, 6.45) is 1.12. The summed E-state index contributed by atoms with van der Waals surface area (Å²) < 4.78 is 15.6. The van der Waals surface area contributed by atoms with Crippen molar-refractivity contribution in [2.24, 2.45) is 5.41 Å². The summed E-state index contributed by atoms with van der Waals surface area (Å²) in [5.41, 5.74) is -0.714. The predicted molar refractivity (Wildman–Crippen MR) is 74.9 cm³/mol. The smallest absolute Gasteiger partial charge is 0.311 e. The lowest BCUT2D eigenvalue weighted by Gasteiger charge is -2.39. The molecule has 6 heteroatoms. The van der Waals surface area contributed by atoms with Crippen LogP contribution in [0.3, 0.4) is 0 Å². The van der Waals surface area contributed by atoms with E-state index in [9.17, 15) is 9.90 Å². The second kappa shape index (κ2) is 8.56. The van der Waals surface area contributed by atoms with E-state index in [0.29, 0.717) is 52.4 Å². The van der Waals surface area contributed by atoms with Gasteiger partial charge in [-0.3, -0.25) is 9.69 Å². The van der Waals surface area contributed by atoms with Crippen molar-refractivity contribution >= 4 is 5.97 Å². The van der Waals surface area contributed by atoms with Gasteiger partial charge >= 0.3 is 5.97 Å². The quantitative estimate of drug-likeness (QED) is 0.679. The standard InChI is InChI=1S/C14H27NO5/c1-12(10-19-3)15(6-9-18-2)11-14(13(16)17)4-7-20-8-5-14/h12H,4-11H2,1-3H3,(H,16,17). The second-order valence-corrected chi connectivity index (χ2v) is 5.47. The maximum atomic E-state index is 11.7. The third-order valence-electron chi connectivity index (χ3n) is 4.02. The number of hydrogen-bond acceptors (Lipinski definition) is 5. The number of ether oxygens (including phenoxy) is 3. The summed E-state index contributed by atoms with van der Waals surface area (Å²) in [7, 11) is 3.31. The number of aliphatic carboxylic acids is 1. The van der Waals surface area contributed by atoms with Crippen molar-refractivity contribution in [3.8, 4) is 0 Å². The fourth-order valence-corrected chi connectivity index (χ4v) is 2.60. The van der Waals surface area contributed by atoms with Crippen molar-refractivity contribution in [3.63, 3.8) is 0 Å². The van der Waals surface area contributed by atoms with Gasteiger partial charge in [-0.05, 0) is 19.8 Å². The van der Waals surface area contributed by atoms with Crippen LogP contribution in [0.5, 0.6) is 0 Å². The van der Waals surface area contributed by atoms with Gasteiger partial charge in [0.15, 0.2) is 0 Å². The maximum Gasteiger partial charge on any atom is 0.311 e. The minimum absolute atomic E-state index is 0.161. The first kappa shape index (κ1) is 17.4. The molecule has 0 bridgehead atoms. The molecule has 1 unspecified atom stereocenters. The van der Waals surface area contributed by atoms with Crippen molar-refractivity contribution in [2.45, 2.75) is 25.8 Å². The number of carboxylic acid groups (broad SMARTS) is 1. The van der Waals surface area contributed by atoms with E-state index in [1.807, 2.05) is 6.92 Å². The summed E-state index contributed by atoms with van der Waals surface area (Å²) >= 11 is 0. The van der Waals surface area contributed by atoms with Gasteiger partial charge in [0.25, 0.3) is 0 Å². The molecule has 0 aliphatic carbocycles. The molecule has 1 saturated heterocycles. The molecule has 118 valence electrons. The first-order valence-electron chi connectivity index (χ1n) is 7.09. The number of carboxylic acids is 1. The SMILES string of the molecule is COCCN(CC1(C(=O)O)CCOCC1)C(C)COC. The van der Waals surface area contributed by atoms with Crippen LogP contribution in [0.1, 0.15) is 19.8 Å². The van der Waals surface area contributed by atoms with Crippen LogP contribution in [0, 0.1) is 5.41 Å². The van der Waals surface area contributed by atoms with Crippen molar-refractivity contribution in [2.75, 3.05) is 53.7 Å². The summed E-state index contributed by atoms with van der Waals surface area (Å²) in [6.45, 7) is 5.47. The second-order valence-electron chi connectivity index (χ2n) is 5.47. The topological polar surface area (TPSA) is 68.2 Å². The van der Waals surface area contributed by atoms with Crippen molar-refractivity contribution in [1.29, 1.82) is 0 Å². The van der Waals surface area contributed by atoms with Gasteiger partial charge in [0, 0.05) is 46.6 Å². The molecule has 0 spiro atoms. The molecular weight excluding hydrogens is 262 g/mol. The molecule has 0 radical (unpaired) electrons. The first-order chi connectivity index (χ1) is 9.55. The molecule has 0 saturated carbocycles. The van der Waals surface area contributed by atoms with E-state index in [2.05, 4.69) is 4.90 Å². The zero-order chi connectivity index (χ0) is 15.0. The van der Waals surface area contributed by atoms with Gasteiger partial charge < -0.3 is 19.3 Å². The highest BCUT2D eigenvalue weighted by molar-refractivity contribution is 5.75. The molecule has 0 aromatic heterocycles. The fraction of sp³-hybridized carbons (Fsp3) is 0.929. The van der Waals surface area contributed by atoms with E-state index in [1.165, 1.54) is 0 Å². The number of carbonyl (C=O) groups is 1. The van der Waals surface area contributed by atoms with Crippen LogP contribution < -0.4 is 0 Å². The summed E-state index contributed by atoms with van der Waals surface area (Å²) in [5.74, 6) is -0.729. The van der Waals surface area contributed by atoms with Gasteiger partial charge in [-0.15, -0.1) is 0 Å². The van der Waals surface area contributed by atoms with Crippen LogP contribution in [0.25, 0.3) is 0 Å². The predicted octanol–water partition coefficient (Wildman–Crippen LogP) is 0.851. The first-order valence-corrected chi connectivity index (χ1v) is 7.09. The lowest BCUT2D eigenvalue weighted by Crippen LogP contribution is -2.50. The van der Waals surface area contributed by atoms with Gasteiger partial charge in [0.05, 0.1) is 18.6 Å². The van der Waals surface area contributed by atoms with E-state index < -0.39 is 11.4 Å². The van der Waals surface area contributed by atoms with Crippen molar-refractivity contribution < 1.29 is 24.1 Å². The molecule has 1 fully saturated rings. The van der Waals surface area contributed by atoms with E-state index >= 15 is 0 Å². The summed E-state index contributed by atoms with van der Waals surface area (Å²) in [5, 5.41) is 9.63. The number of nitrogens with zero attached hydrogens (tertiary/aromatic N) is 1. The fourth-order valence-electron chi connectivity index (χ4n) is 2.60. The Hall–Kier alpha value is -0.690. The van der Waals surface area contributed by atoms with E-state index in [1.54, 1.807) is 14.2 Å². The largest absolute Gasteiger partial charge is 0.481 e. The highest BCUT2D eigenvalue weighted by Gasteiger charge is 2.42. The molecule has 1 atom stereocenters. The normalized spacial score (nSPS) is 20.0. The van der Waals surface area contributed by atoms with Crippen LogP contribution in [-0.2, 0) is 19.0 Å². The molecule has 6 nitrogen and oxygen atoms in total. The highest BCUT2D eigenvalue weighted by atomic mass is 16.5. The van der Waals surface area contributed by atoms with Crippen molar-refractivity contribution in [1.82, 2.24) is 4.90 Å². The number of hydrogen-bond donors (Lipinski definition) is 1. The van der Waals surface area contributed by atoms with E-state index in [0.717, 1.165) is 0 Å². The van der Waals surface area contributed by atoms with Crippen LogP contribution in [0.4, 0.5) is 0 Å². The third-order valence-corrected chi connectivity index (χ3v) is 4.02. The Morgan fingerprint density at radius 3 is 2.50 bits per heavy atom. The Morgan fingerprint density at radius 2 is 2.00 bits per heavy atom. The Morgan fingerprint density at radius 1 is 1.35 bits per heavy atom. The molecule has 1 heterocycles. The molecule has 1 N–H and O–H groups in total. The van der Waals surface area contributed by atoms with Crippen LogP contribution in [-0.4, -0.2) is 75.8 Å². The Kier molecular flexibility index (Phi) is 7.43. The minimum atomic E-state index is -0.729. The molecular formula is C14H27NO5. The number of rotatable bonds is 9. The van der Waals surface area contributed by atoms with Gasteiger partial charge in [0.1, 0.15) is 0 Å². The molecule has 20 heavy (non-hydrogen) atoms. The van der Waals surface area contributed by atoms with E-state index in [-0.39, 0.29) is 6.04 Å². The van der Waals surface area contributed by atoms with Gasteiger partial charge in [-0.2, -0.15) is 0 Å². The zero-order valence-electron chi connectivity index (χ0n) is 12.8. The molecule has 1 aliphatic heterocycles. The summed E-state index contributed by atoms with van der Waals surface area (Å²) in [4.78, 5) is 13.9. The van der Waals surface area contributed by atoms with Gasteiger partial charge in [-0.1, -0.05) is 0 Å². The van der Waals surface area contributed by atoms with Crippen LogP contribution >= 0.6 is 0 Å². The lowest BCUT2D eigenvalue weighted by molar-refractivity contribution is -0.157. The Bertz CT molecular complexity index is 291. The summed E-state index contributed by atoms with van der Waals surface area (Å²) in [6, 6.07) is 0.161. The number of methoxy groups -OCH3 is 2. The highest BCUT2D eigenvalue weighted by Crippen LogP contribution is 2.32. The monoisotopic (exact) mass is 289 g/mol. The van der Waals surface area contributed by atoms with E-state index in [4.69, 9.17) is 14.2 Å². The lowest BCUT2D eigenvalue weighted by atomic mass is 9.79. The third kappa shape index (κ3) is 4.70. The van der Waals surface area contributed by atoms with Crippen molar-refractivity contribution in [3.05, 3.63) is 0 Å². The van der Waals surface area contributed by atoms with Crippen LogP contribution in [0.15, 0.2) is 0 Å². The van der Waals surface area contributed by atoms with Gasteiger partial charge in [-0.25, -0.2) is 0 Å². The Balaban J connectivity index is 2.75. The minimum Gasteiger partial charge on any atom is -0.481 e. The molecule has 1 aliphatic rings. The average molecular weight is 289 g/mol. The molecule has 0 amide bonds. The average Bonchev–Trinajstić information content (AvgIpc) is 2.44. The maximum absolute atomic E-state index is 11.7. The molecule has 0 aromatic carbocycles. The van der Waals surface area contributed by atoms with Gasteiger partial charge in [0.2, 0.25) is 0 Å².